The molecular weight excluding hydrogens is 502 g/mol. The smallest absolute Gasteiger partial charge is 0.481 e. The fraction of sp³-hybridized carbons (Fsp3) is 0.735. The van der Waals surface area contributed by atoms with E-state index in [1.165, 1.54) is 69.8 Å². The van der Waals surface area contributed by atoms with Crippen LogP contribution in [0.4, 0.5) is 4.79 Å². The maximum absolute atomic E-state index is 12.7. The van der Waals surface area contributed by atoms with Crippen LogP contribution in [-0.2, 0) is 16.6 Å². The Morgan fingerprint density at radius 3 is 2.52 bits per heavy atom. The second-order valence-corrected chi connectivity index (χ2v) is 13.3. The molecule has 1 spiro atoms. The van der Waals surface area contributed by atoms with Crippen LogP contribution in [0, 0.1) is 5.92 Å². The molecule has 0 radical (unpaired) electrons. The van der Waals surface area contributed by atoms with Crippen LogP contribution in [0.15, 0.2) is 24.3 Å². The summed E-state index contributed by atoms with van der Waals surface area (Å²) in [6, 6.07) is 4.04. The highest BCUT2D eigenvalue weighted by molar-refractivity contribution is 5.70. The maximum atomic E-state index is 12.7. The second kappa shape index (κ2) is 11.7. The van der Waals surface area contributed by atoms with Gasteiger partial charge in [0.1, 0.15) is 6.10 Å². The molecule has 6 nitrogen and oxygen atoms in total. The predicted octanol–water partition coefficient (Wildman–Crippen LogP) is 7.24. The van der Waals surface area contributed by atoms with Gasteiger partial charge in [0, 0.05) is 18.2 Å². The number of rotatable bonds is 14. The van der Waals surface area contributed by atoms with Crippen molar-refractivity contribution < 1.29 is 24.1 Å². The Morgan fingerprint density at radius 2 is 1.80 bits per heavy atom. The number of likely N-dealkylation sites (tertiary alicyclic amines) is 1. The van der Waals surface area contributed by atoms with Crippen molar-refractivity contribution in [3.8, 4) is 11.5 Å². The number of ether oxygens (including phenoxy) is 3. The van der Waals surface area contributed by atoms with E-state index in [1.807, 2.05) is 6.07 Å². The molecule has 40 heavy (non-hydrogen) atoms. The molecule has 2 saturated carbocycles. The number of carbonyl (C=O) groups excluding carboxylic acids is 1. The van der Waals surface area contributed by atoms with E-state index >= 15 is 0 Å². The summed E-state index contributed by atoms with van der Waals surface area (Å²) in [5.41, 5.74) is 1.93. The zero-order chi connectivity index (χ0) is 27.7. The summed E-state index contributed by atoms with van der Waals surface area (Å²) < 4.78 is 17.8. The highest BCUT2D eigenvalue weighted by atomic mass is 16.7. The largest absolute Gasteiger partial charge is 0.513 e. The van der Waals surface area contributed by atoms with Crippen molar-refractivity contribution in [2.24, 2.45) is 5.92 Å². The Kier molecular flexibility index (Phi) is 8.20. The van der Waals surface area contributed by atoms with Crippen LogP contribution in [0.3, 0.4) is 0 Å². The number of nitrogens with zero attached hydrogens (tertiary/aromatic N) is 1. The van der Waals surface area contributed by atoms with Crippen LogP contribution in [0.2, 0.25) is 0 Å². The Bertz CT molecular complexity index is 1100. The maximum Gasteiger partial charge on any atom is 0.513 e. The van der Waals surface area contributed by atoms with Crippen molar-refractivity contribution in [3.05, 3.63) is 35.4 Å². The summed E-state index contributed by atoms with van der Waals surface area (Å²) >= 11 is 0. The quantitative estimate of drug-likeness (QED) is 0.114. The highest BCUT2D eigenvalue weighted by Crippen LogP contribution is 2.66. The van der Waals surface area contributed by atoms with Gasteiger partial charge in [-0.15, -0.1) is 0 Å². The lowest BCUT2D eigenvalue weighted by Gasteiger charge is -2.63. The summed E-state index contributed by atoms with van der Waals surface area (Å²) in [6.07, 6.45) is 17.1. The summed E-state index contributed by atoms with van der Waals surface area (Å²) in [4.78, 5) is 15.2. The normalized spacial score (nSPS) is 30.1. The molecule has 1 aromatic rings. The molecule has 1 aromatic carbocycles. The van der Waals surface area contributed by atoms with Crippen LogP contribution >= 0.6 is 0 Å². The number of aliphatic hydroxyl groups is 1. The van der Waals surface area contributed by atoms with E-state index in [9.17, 15) is 9.90 Å². The Labute approximate surface area is 240 Å². The van der Waals surface area contributed by atoms with Crippen molar-refractivity contribution in [2.75, 3.05) is 19.7 Å². The topological polar surface area (TPSA) is 68.2 Å². The Hall–Kier alpha value is -2.05. The van der Waals surface area contributed by atoms with E-state index in [0.717, 1.165) is 62.2 Å². The highest BCUT2D eigenvalue weighted by Gasteiger charge is 2.72. The van der Waals surface area contributed by atoms with Crippen molar-refractivity contribution >= 4 is 6.16 Å². The van der Waals surface area contributed by atoms with Crippen molar-refractivity contribution in [1.82, 2.24) is 4.90 Å². The molecule has 3 fully saturated rings. The third kappa shape index (κ3) is 4.98. The molecule has 0 amide bonds. The van der Waals surface area contributed by atoms with Crippen molar-refractivity contribution in [1.29, 1.82) is 0 Å². The minimum atomic E-state index is -0.862. The van der Waals surface area contributed by atoms with Gasteiger partial charge < -0.3 is 19.3 Å². The standard InChI is InChI=1S/C34H49NO5/c1-3-4-5-6-7-8-9-10-11-12-21-38-32(36)39-27-16-15-26-22-28-34(37)18-17-24(2)31-33(34,29(26)30(27)40-31)19-20-35(28)23-25-13-14-25/h15-16,25,28,31,37H,2-14,17-23H2,1H3. The monoisotopic (exact) mass is 551 g/mol. The van der Waals surface area contributed by atoms with Gasteiger partial charge in [-0.25, -0.2) is 4.79 Å². The van der Waals surface area contributed by atoms with E-state index in [-0.39, 0.29) is 12.1 Å². The molecule has 2 bridgehead atoms. The molecule has 4 atom stereocenters. The molecule has 6 heteroatoms. The number of hydrogen-bond acceptors (Lipinski definition) is 6. The van der Waals surface area contributed by atoms with Gasteiger partial charge in [-0.2, -0.15) is 0 Å². The third-order valence-electron chi connectivity index (χ3n) is 10.6. The molecule has 220 valence electrons. The average molecular weight is 552 g/mol. The second-order valence-electron chi connectivity index (χ2n) is 13.3. The minimum absolute atomic E-state index is 0.0947. The van der Waals surface area contributed by atoms with E-state index in [0.29, 0.717) is 24.5 Å². The SMILES string of the molecule is C=C1CCC2(O)C3Cc4ccc(OC(=O)OCCCCCCCCCCCC)c5c4C2(CCN3CC2CC2)C1O5. The lowest BCUT2D eigenvalue weighted by molar-refractivity contribution is -0.174. The van der Waals surface area contributed by atoms with Crippen LogP contribution in [0.25, 0.3) is 0 Å². The van der Waals surface area contributed by atoms with Gasteiger partial charge in [-0.05, 0) is 74.6 Å². The first-order valence-corrected chi connectivity index (χ1v) is 16.3. The van der Waals surface area contributed by atoms with Crippen molar-refractivity contribution in [2.45, 2.75) is 133 Å². The lowest BCUT2D eigenvalue weighted by atomic mass is 9.48. The number of piperidine rings is 1. The molecule has 6 rings (SSSR count). The Balaban J connectivity index is 1.07. The van der Waals surface area contributed by atoms with E-state index in [2.05, 4.69) is 24.5 Å². The molecular formula is C34H49NO5. The van der Waals surface area contributed by atoms with E-state index in [1.54, 1.807) is 0 Å². The van der Waals surface area contributed by atoms with Crippen LogP contribution in [0.5, 0.6) is 11.5 Å². The summed E-state index contributed by atoms with van der Waals surface area (Å²) in [7, 11) is 0. The first-order chi connectivity index (χ1) is 19.5. The Morgan fingerprint density at radius 1 is 1.07 bits per heavy atom. The van der Waals surface area contributed by atoms with Gasteiger partial charge in [0.25, 0.3) is 0 Å². The summed E-state index contributed by atoms with van der Waals surface area (Å²) in [5.74, 6) is 1.81. The first-order valence-electron chi connectivity index (χ1n) is 16.3. The minimum Gasteiger partial charge on any atom is -0.481 e. The number of carbonyl (C=O) groups is 1. The van der Waals surface area contributed by atoms with Crippen LogP contribution < -0.4 is 9.47 Å². The molecule has 1 saturated heterocycles. The lowest BCUT2D eigenvalue weighted by Crippen LogP contribution is -2.75. The molecule has 5 aliphatic rings. The number of hydrogen-bond donors (Lipinski definition) is 1. The van der Waals surface area contributed by atoms with Crippen LogP contribution in [-0.4, -0.2) is 53.6 Å². The van der Waals surface area contributed by atoms with Gasteiger partial charge in [-0.1, -0.05) is 77.4 Å². The zero-order valence-corrected chi connectivity index (χ0v) is 24.6. The number of unbranched alkanes of at least 4 members (excludes halogenated alkanes) is 9. The van der Waals surface area contributed by atoms with Gasteiger partial charge in [0.15, 0.2) is 11.5 Å². The summed E-state index contributed by atoms with van der Waals surface area (Å²) in [6.45, 7) is 9.05. The average Bonchev–Trinajstić information content (AvgIpc) is 3.68. The van der Waals surface area contributed by atoms with E-state index < -0.39 is 17.2 Å². The fourth-order valence-electron chi connectivity index (χ4n) is 8.33. The molecule has 4 unspecified atom stereocenters. The first kappa shape index (κ1) is 28.1. The van der Waals surface area contributed by atoms with Gasteiger partial charge in [0.2, 0.25) is 0 Å². The number of benzene rings is 1. The molecule has 1 N–H and O–H groups in total. The third-order valence-corrected chi connectivity index (χ3v) is 10.6. The zero-order valence-electron chi connectivity index (χ0n) is 24.6. The van der Waals surface area contributed by atoms with Crippen molar-refractivity contribution in [3.63, 3.8) is 0 Å². The van der Waals surface area contributed by atoms with Gasteiger partial charge >= 0.3 is 6.16 Å². The molecule has 2 aliphatic heterocycles. The van der Waals surface area contributed by atoms with Gasteiger partial charge in [0.05, 0.1) is 17.6 Å². The predicted molar refractivity (Wildman–Crippen MR) is 156 cm³/mol. The molecule has 3 aliphatic carbocycles. The van der Waals surface area contributed by atoms with E-state index in [4.69, 9.17) is 14.2 Å². The molecule has 2 heterocycles. The van der Waals surface area contributed by atoms with Crippen LogP contribution in [0.1, 0.15) is 114 Å². The fourth-order valence-corrected chi connectivity index (χ4v) is 8.33. The van der Waals surface area contributed by atoms with Gasteiger partial charge in [-0.3, -0.25) is 4.90 Å². The summed E-state index contributed by atoms with van der Waals surface area (Å²) in [5, 5.41) is 12.5. The molecule has 0 aromatic heterocycles.